The molecule has 4 heterocycles. The summed E-state index contributed by atoms with van der Waals surface area (Å²) >= 11 is 0. The Hall–Kier alpha value is -3.40. The SMILES string of the molecule is Cc1n[nH]c2c1N=C(c1c(F)cccc1F)Nc1c-2cc(N2CCN(CCF)C[C@@H]2C)nc1C. The van der Waals surface area contributed by atoms with Gasteiger partial charge in [0.15, 0.2) is 0 Å². The number of aryl methyl sites for hydroxylation is 2. The summed E-state index contributed by atoms with van der Waals surface area (Å²) in [5.41, 5.74) is 3.59. The van der Waals surface area contributed by atoms with E-state index in [-0.39, 0.29) is 24.1 Å². The van der Waals surface area contributed by atoms with Crippen molar-refractivity contribution < 1.29 is 13.2 Å². The van der Waals surface area contributed by atoms with Crippen molar-refractivity contribution in [3.63, 3.8) is 0 Å². The van der Waals surface area contributed by atoms with Gasteiger partial charge in [-0.1, -0.05) is 6.07 Å². The number of hydrogen-bond donors (Lipinski definition) is 2. The molecular weight excluding hydrogens is 443 g/mol. The second-order valence-corrected chi connectivity index (χ2v) is 8.74. The number of anilines is 2. The van der Waals surface area contributed by atoms with E-state index >= 15 is 0 Å². The Kier molecular flexibility index (Phi) is 5.76. The van der Waals surface area contributed by atoms with Gasteiger partial charge in [0.2, 0.25) is 0 Å². The maximum absolute atomic E-state index is 14.6. The number of pyridine rings is 1. The number of alkyl halides is 1. The molecule has 5 rings (SSSR count). The minimum Gasteiger partial charge on any atom is -0.351 e. The molecule has 1 saturated heterocycles. The number of aliphatic imine (C=N–C) groups is 1. The molecule has 3 aromatic rings. The number of rotatable bonds is 4. The number of aromatic nitrogens is 3. The first-order valence-corrected chi connectivity index (χ1v) is 11.3. The molecule has 0 unspecified atom stereocenters. The minimum atomic E-state index is -0.709. The molecule has 34 heavy (non-hydrogen) atoms. The first-order chi connectivity index (χ1) is 16.4. The quantitative estimate of drug-likeness (QED) is 0.595. The Morgan fingerprint density at radius 1 is 1.12 bits per heavy atom. The molecule has 0 aliphatic carbocycles. The number of fused-ring (bicyclic) bond motifs is 3. The molecule has 178 valence electrons. The van der Waals surface area contributed by atoms with Gasteiger partial charge < -0.3 is 10.2 Å². The van der Waals surface area contributed by atoms with E-state index in [4.69, 9.17) is 4.98 Å². The van der Waals surface area contributed by atoms with Crippen molar-refractivity contribution in [2.75, 3.05) is 43.1 Å². The van der Waals surface area contributed by atoms with Crippen molar-refractivity contribution in [3.05, 3.63) is 52.9 Å². The summed E-state index contributed by atoms with van der Waals surface area (Å²) in [6.07, 6.45) is 0. The lowest BCUT2D eigenvalue weighted by molar-refractivity contribution is 0.210. The van der Waals surface area contributed by atoms with E-state index in [0.717, 1.165) is 31.0 Å². The Bertz CT molecular complexity index is 1250. The lowest BCUT2D eigenvalue weighted by Crippen LogP contribution is -2.52. The van der Waals surface area contributed by atoms with Crippen LogP contribution < -0.4 is 10.2 Å². The summed E-state index contributed by atoms with van der Waals surface area (Å²) in [7, 11) is 0. The van der Waals surface area contributed by atoms with Crippen molar-refractivity contribution in [2.45, 2.75) is 26.8 Å². The number of hydrogen-bond acceptors (Lipinski definition) is 6. The number of piperazine rings is 1. The topological polar surface area (TPSA) is 72.4 Å². The molecule has 2 aliphatic rings. The predicted molar refractivity (Wildman–Crippen MR) is 127 cm³/mol. The van der Waals surface area contributed by atoms with Gasteiger partial charge in [-0.3, -0.25) is 10.00 Å². The van der Waals surface area contributed by atoms with Crippen LogP contribution in [-0.4, -0.2) is 64.8 Å². The van der Waals surface area contributed by atoms with Crippen LogP contribution in [0.15, 0.2) is 29.3 Å². The van der Waals surface area contributed by atoms with Crippen molar-refractivity contribution in [1.82, 2.24) is 20.1 Å². The number of H-pyrrole nitrogens is 1. The molecule has 2 aromatic heterocycles. The van der Waals surface area contributed by atoms with E-state index in [9.17, 15) is 13.2 Å². The molecule has 2 N–H and O–H groups in total. The van der Waals surface area contributed by atoms with Crippen molar-refractivity contribution in [2.24, 2.45) is 4.99 Å². The van der Waals surface area contributed by atoms with Gasteiger partial charge in [0.25, 0.3) is 0 Å². The van der Waals surface area contributed by atoms with Crippen LogP contribution in [0.3, 0.4) is 0 Å². The van der Waals surface area contributed by atoms with Crippen LogP contribution in [0.4, 0.5) is 30.4 Å². The molecule has 7 nitrogen and oxygen atoms in total. The number of amidine groups is 1. The number of benzene rings is 1. The summed E-state index contributed by atoms with van der Waals surface area (Å²) in [4.78, 5) is 13.7. The Balaban J connectivity index is 1.60. The van der Waals surface area contributed by atoms with Crippen LogP contribution in [0.25, 0.3) is 11.3 Å². The molecule has 0 radical (unpaired) electrons. The molecule has 0 spiro atoms. The normalized spacial score (nSPS) is 18.1. The van der Waals surface area contributed by atoms with E-state index in [1.807, 2.05) is 13.0 Å². The second kappa shape index (κ2) is 8.75. The van der Waals surface area contributed by atoms with E-state index in [1.165, 1.54) is 18.2 Å². The maximum atomic E-state index is 14.6. The van der Waals surface area contributed by atoms with Crippen LogP contribution in [0.2, 0.25) is 0 Å². The molecule has 10 heteroatoms. The largest absolute Gasteiger partial charge is 0.351 e. The van der Waals surface area contributed by atoms with Crippen LogP contribution in [0.5, 0.6) is 0 Å². The molecule has 0 amide bonds. The average Bonchev–Trinajstić information content (AvgIpc) is 3.06. The van der Waals surface area contributed by atoms with Gasteiger partial charge in [-0.05, 0) is 39.0 Å². The highest BCUT2D eigenvalue weighted by Gasteiger charge is 2.29. The fraction of sp³-hybridized carbons (Fsp3) is 0.375. The highest BCUT2D eigenvalue weighted by Crippen LogP contribution is 2.42. The first-order valence-electron chi connectivity index (χ1n) is 11.3. The van der Waals surface area contributed by atoms with Gasteiger partial charge in [0.1, 0.15) is 35.6 Å². The monoisotopic (exact) mass is 469 g/mol. The highest BCUT2D eigenvalue weighted by atomic mass is 19.1. The summed E-state index contributed by atoms with van der Waals surface area (Å²) < 4.78 is 42.1. The molecule has 0 bridgehead atoms. The number of nitrogens with zero attached hydrogens (tertiary/aromatic N) is 5. The highest BCUT2D eigenvalue weighted by molar-refractivity contribution is 6.14. The van der Waals surface area contributed by atoms with E-state index < -0.39 is 11.6 Å². The Morgan fingerprint density at radius 3 is 2.59 bits per heavy atom. The number of halogens is 3. The molecule has 2 aliphatic heterocycles. The lowest BCUT2D eigenvalue weighted by Gasteiger charge is -2.40. The van der Waals surface area contributed by atoms with Crippen LogP contribution in [-0.2, 0) is 0 Å². The molecule has 1 aromatic carbocycles. The summed E-state index contributed by atoms with van der Waals surface area (Å²) in [6, 6.07) is 5.82. The Labute approximate surface area is 195 Å². The van der Waals surface area contributed by atoms with Gasteiger partial charge in [0.05, 0.1) is 28.3 Å². The van der Waals surface area contributed by atoms with E-state index in [0.29, 0.717) is 35.0 Å². The molecule has 1 atom stereocenters. The second-order valence-electron chi connectivity index (χ2n) is 8.74. The van der Waals surface area contributed by atoms with Gasteiger partial charge in [0, 0.05) is 37.8 Å². The van der Waals surface area contributed by atoms with Gasteiger partial charge in [-0.2, -0.15) is 5.10 Å². The fourth-order valence-corrected chi connectivity index (χ4v) is 4.71. The zero-order valence-corrected chi connectivity index (χ0v) is 19.3. The predicted octanol–water partition coefficient (Wildman–Crippen LogP) is 4.35. The number of aromatic amines is 1. The zero-order valence-electron chi connectivity index (χ0n) is 19.3. The lowest BCUT2D eigenvalue weighted by atomic mass is 10.1. The van der Waals surface area contributed by atoms with Crippen LogP contribution in [0, 0.1) is 25.5 Å². The van der Waals surface area contributed by atoms with Gasteiger partial charge in [-0.25, -0.2) is 23.1 Å². The van der Waals surface area contributed by atoms with E-state index in [2.05, 4.69) is 37.2 Å². The summed E-state index contributed by atoms with van der Waals surface area (Å²) in [5, 5.41) is 10.5. The van der Waals surface area contributed by atoms with Crippen molar-refractivity contribution in [1.29, 1.82) is 0 Å². The summed E-state index contributed by atoms with van der Waals surface area (Å²) in [6.45, 7) is 8.02. The van der Waals surface area contributed by atoms with Gasteiger partial charge >= 0.3 is 0 Å². The first kappa shape index (κ1) is 22.4. The van der Waals surface area contributed by atoms with Gasteiger partial charge in [-0.15, -0.1) is 0 Å². The fourth-order valence-electron chi connectivity index (χ4n) is 4.71. The van der Waals surface area contributed by atoms with Crippen molar-refractivity contribution >= 4 is 23.0 Å². The third-order valence-electron chi connectivity index (χ3n) is 6.44. The standard InChI is InChI=1S/C24H26F3N7/c1-13-12-33(8-7-25)9-10-34(13)19-11-16-21(14(2)28-19)29-24(20-17(26)5-4-6-18(20)27)30-22-15(3)31-32-23(16)22/h4-6,11,13H,7-10,12H2,1-3H3,(H,29,30)(H,31,32)/t13-/m0/s1. The molecule has 0 saturated carbocycles. The third kappa shape index (κ3) is 3.81. The smallest absolute Gasteiger partial charge is 0.144 e. The van der Waals surface area contributed by atoms with E-state index in [1.54, 1.807) is 6.92 Å². The molecule has 1 fully saturated rings. The third-order valence-corrected chi connectivity index (χ3v) is 6.44. The zero-order chi connectivity index (χ0) is 24.0. The van der Waals surface area contributed by atoms with Crippen molar-refractivity contribution in [3.8, 4) is 11.3 Å². The maximum Gasteiger partial charge on any atom is 0.144 e. The van der Waals surface area contributed by atoms with Crippen LogP contribution in [0.1, 0.15) is 23.9 Å². The molecular formula is C24H26F3N7. The van der Waals surface area contributed by atoms with Crippen LogP contribution >= 0.6 is 0 Å². The number of nitrogens with one attached hydrogen (secondary N) is 2. The average molecular weight is 470 g/mol. The summed E-state index contributed by atoms with van der Waals surface area (Å²) in [5.74, 6) is -0.575. The Morgan fingerprint density at radius 2 is 1.88 bits per heavy atom. The minimum absolute atomic E-state index is 0.0611.